The largest absolute Gasteiger partial charge is 0.288 e. The molecule has 0 aromatic carbocycles. The first-order valence-corrected chi connectivity index (χ1v) is 4.79. The first kappa shape index (κ1) is 12.2. The summed E-state index contributed by atoms with van der Waals surface area (Å²) in [5.74, 6) is 0. The normalized spacial score (nSPS) is 14.7. The van der Waals surface area contributed by atoms with E-state index < -0.39 is 0 Å². The van der Waals surface area contributed by atoms with Crippen molar-refractivity contribution in [2.75, 3.05) is 0 Å². The first-order valence-electron chi connectivity index (χ1n) is 4.79. The summed E-state index contributed by atoms with van der Waals surface area (Å²) in [4.78, 5) is 4.55. The van der Waals surface area contributed by atoms with Gasteiger partial charge in [-0.1, -0.05) is 24.3 Å². The summed E-state index contributed by atoms with van der Waals surface area (Å²) in [6.45, 7) is 10.4. The predicted octanol–water partition coefficient (Wildman–Crippen LogP) is 3.77. The van der Waals surface area contributed by atoms with Crippen LogP contribution in [-0.2, 0) is 0 Å². The molecule has 0 aromatic rings. The van der Waals surface area contributed by atoms with Crippen molar-refractivity contribution < 1.29 is 0 Å². The minimum Gasteiger partial charge on any atom is -0.288 e. The number of allylic oxidation sites excluding steroid dienone is 4. The quantitative estimate of drug-likeness (QED) is 0.462. The van der Waals surface area contributed by atoms with Crippen LogP contribution in [0, 0.1) is 0 Å². The topological polar surface area (TPSA) is 12.4 Å². The molecule has 1 nitrogen and oxygen atoms in total. The second kappa shape index (κ2) is 5.74. The molecule has 0 aliphatic heterocycles. The second-order valence-corrected chi connectivity index (χ2v) is 4.18. The van der Waals surface area contributed by atoms with Crippen LogP contribution in [-0.4, -0.2) is 11.3 Å². The minimum absolute atomic E-state index is 0.0541. The van der Waals surface area contributed by atoms with Crippen molar-refractivity contribution >= 4 is 5.71 Å². The van der Waals surface area contributed by atoms with Gasteiger partial charge in [0.25, 0.3) is 0 Å². The Morgan fingerprint density at radius 3 is 2.31 bits per heavy atom. The van der Waals surface area contributed by atoms with Gasteiger partial charge in [-0.15, -0.1) is 0 Å². The zero-order valence-electron chi connectivity index (χ0n) is 9.46. The third-order valence-electron chi connectivity index (χ3n) is 1.38. The molecule has 0 saturated heterocycles. The lowest BCUT2D eigenvalue weighted by atomic mass is 10.1. The summed E-state index contributed by atoms with van der Waals surface area (Å²) < 4.78 is 0. The van der Waals surface area contributed by atoms with Gasteiger partial charge in [0.1, 0.15) is 0 Å². The molecular formula is C12H21N. The van der Waals surface area contributed by atoms with Gasteiger partial charge < -0.3 is 0 Å². The van der Waals surface area contributed by atoms with Gasteiger partial charge in [-0.3, -0.25) is 4.99 Å². The van der Waals surface area contributed by atoms with Gasteiger partial charge >= 0.3 is 0 Å². The van der Waals surface area contributed by atoms with Crippen LogP contribution in [0.4, 0.5) is 0 Å². The highest BCUT2D eigenvalue weighted by Gasteiger charge is 2.06. The van der Waals surface area contributed by atoms with Crippen molar-refractivity contribution in [3.63, 3.8) is 0 Å². The predicted molar refractivity (Wildman–Crippen MR) is 61.4 cm³/mol. The van der Waals surface area contributed by atoms with E-state index in [2.05, 4.69) is 44.8 Å². The summed E-state index contributed by atoms with van der Waals surface area (Å²) in [6, 6.07) is 0. The maximum Gasteiger partial charge on any atom is 0.0523 e. The molecule has 0 aliphatic carbocycles. The Balaban J connectivity index is 4.01. The van der Waals surface area contributed by atoms with Crippen molar-refractivity contribution in [2.45, 2.75) is 46.6 Å². The van der Waals surface area contributed by atoms with Gasteiger partial charge in [0, 0.05) is 12.1 Å². The molecule has 0 heterocycles. The molecule has 0 N–H and O–H groups in total. The Morgan fingerprint density at radius 1 is 1.23 bits per heavy atom. The molecule has 0 fully saturated rings. The van der Waals surface area contributed by atoms with Crippen molar-refractivity contribution in [3.05, 3.63) is 24.3 Å². The zero-order chi connectivity index (χ0) is 10.3. The van der Waals surface area contributed by atoms with E-state index in [0.29, 0.717) is 0 Å². The van der Waals surface area contributed by atoms with Crippen LogP contribution in [0.2, 0.25) is 0 Å². The molecular weight excluding hydrogens is 158 g/mol. The van der Waals surface area contributed by atoms with Gasteiger partial charge in [-0.25, -0.2) is 0 Å². The van der Waals surface area contributed by atoms with E-state index in [1.807, 2.05) is 19.1 Å². The van der Waals surface area contributed by atoms with Gasteiger partial charge in [0.2, 0.25) is 0 Å². The molecule has 0 aliphatic rings. The molecule has 0 atom stereocenters. The van der Waals surface area contributed by atoms with E-state index >= 15 is 0 Å². The maximum atomic E-state index is 4.55. The Hall–Kier alpha value is -0.850. The molecule has 0 spiro atoms. The molecule has 0 saturated carbocycles. The van der Waals surface area contributed by atoms with Crippen molar-refractivity contribution in [1.82, 2.24) is 0 Å². The first-order chi connectivity index (χ1) is 5.95. The SMILES string of the molecule is C/C=C/C=C/CC(C)=NC(C)(C)C. The van der Waals surface area contributed by atoms with Gasteiger partial charge in [-0.05, 0) is 34.6 Å². The fraction of sp³-hybridized carbons (Fsp3) is 0.583. The van der Waals surface area contributed by atoms with Crippen LogP contribution in [0.1, 0.15) is 41.0 Å². The van der Waals surface area contributed by atoms with Crippen LogP contribution in [0.15, 0.2) is 29.3 Å². The van der Waals surface area contributed by atoms with Crippen LogP contribution >= 0.6 is 0 Å². The Kier molecular flexibility index (Phi) is 5.36. The van der Waals surface area contributed by atoms with E-state index in [-0.39, 0.29) is 5.54 Å². The smallest absolute Gasteiger partial charge is 0.0523 e. The lowest BCUT2D eigenvalue weighted by molar-refractivity contribution is 0.582. The van der Waals surface area contributed by atoms with Crippen LogP contribution in [0.3, 0.4) is 0 Å². The Labute approximate surface area is 82.3 Å². The fourth-order valence-electron chi connectivity index (χ4n) is 1.05. The molecule has 0 radical (unpaired) electrons. The monoisotopic (exact) mass is 179 g/mol. The van der Waals surface area contributed by atoms with E-state index in [1.165, 1.54) is 5.71 Å². The summed E-state index contributed by atoms with van der Waals surface area (Å²) in [5.41, 5.74) is 1.24. The number of aliphatic imine (C=N–C) groups is 1. The van der Waals surface area contributed by atoms with E-state index in [4.69, 9.17) is 0 Å². The lowest BCUT2D eigenvalue weighted by Crippen LogP contribution is -2.12. The third-order valence-corrected chi connectivity index (χ3v) is 1.38. The second-order valence-electron chi connectivity index (χ2n) is 4.18. The van der Waals surface area contributed by atoms with Gasteiger partial charge in [-0.2, -0.15) is 0 Å². The summed E-state index contributed by atoms with van der Waals surface area (Å²) in [6.07, 6.45) is 9.19. The maximum absolute atomic E-state index is 4.55. The molecule has 0 bridgehead atoms. The Morgan fingerprint density at radius 2 is 1.85 bits per heavy atom. The number of nitrogens with zero attached hydrogens (tertiary/aromatic N) is 1. The molecule has 74 valence electrons. The Bertz CT molecular complexity index is 214. The highest BCUT2D eigenvalue weighted by atomic mass is 14.8. The number of hydrogen-bond donors (Lipinski definition) is 0. The number of rotatable bonds is 3. The fourth-order valence-corrected chi connectivity index (χ4v) is 1.05. The lowest BCUT2D eigenvalue weighted by Gasteiger charge is -2.13. The average Bonchev–Trinajstić information content (AvgIpc) is 1.94. The van der Waals surface area contributed by atoms with Crippen LogP contribution < -0.4 is 0 Å². The minimum atomic E-state index is 0.0541. The molecule has 0 rings (SSSR count). The highest BCUT2D eigenvalue weighted by molar-refractivity contribution is 5.83. The number of hydrogen-bond acceptors (Lipinski definition) is 1. The van der Waals surface area contributed by atoms with E-state index in [9.17, 15) is 0 Å². The van der Waals surface area contributed by atoms with E-state index in [0.717, 1.165) is 6.42 Å². The summed E-state index contributed by atoms with van der Waals surface area (Å²) >= 11 is 0. The van der Waals surface area contributed by atoms with Gasteiger partial charge in [0.15, 0.2) is 0 Å². The third kappa shape index (κ3) is 9.06. The van der Waals surface area contributed by atoms with Crippen LogP contribution in [0.5, 0.6) is 0 Å². The molecule has 13 heavy (non-hydrogen) atoms. The zero-order valence-corrected chi connectivity index (χ0v) is 9.46. The van der Waals surface area contributed by atoms with Crippen LogP contribution in [0.25, 0.3) is 0 Å². The summed E-state index contributed by atoms with van der Waals surface area (Å²) in [7, 11) is 0. The van der Waals surface area contributed by atoms with Crippen molar-refractivity contribution in [1.29, 1.82) is 0 Å². The summed E-state index contributed by atoms with van der Waals surface area (Å²) in [5, 5.41) is 0. The van der Waals surface area contributed by atoms with Gasteiger partial charge in [0.05, 0.1) is 5.54 Å². The molecule has 0 unspecified atom stereocenters. The average molecular weight is 179 g/mol. The standard InChI is InChI=1S/C12H21N/c1-6-7-8-9-10-11(2)13-12(3,4)5/h6-9H,10H2,1-5H3/b7-6+,9-8+,13-11?. The molecule has 1 heteroatoms. The molecule has 0 aromatic heterocycles. The molecule has 0 amide bonds. The van der Waals surface area contributed by atoms with E-state index in [1.54, 1.807) is 0 Å². The van der Waals surface area contributed by atoms with Crippen molar-refractivity contribution in [3.8, 4) is 0 Å². The van der Waals surface area contributed by atoms with Crippen molar-refractivity contribution in [2.24, 2.45) is 4.99 Å². The highest BCUT2D eigenvalue weighted by Crippen LogP contribution is 2.07.